The van der Waals surface area contributed by atoms with Gasteiger partial charge in [0.25, 0.3) is 0 Å². The topological polar surface area (TPSA) is 78.9 Å². The molecule has 6 heteroatoms. The number of carbonyl (C=O) groups excluding carboxylic acids is 3. The maximum Gasteiger partial charge on any atom is 0.306 e. The van der Waals surface area contributed by atoms with Gasteiger partial charge in [-0.2, -0.15) is 0 Å². The lowest BCUT2D eigenvalue weighted by Gasteiger charge is -2.18. The molecule has 0 N–H and O–H groups in total. The second-order valence-corrected chi connectivity index (χ2v) is 23.1. The maximum atomic E-state index is 12.8. The summed E-state index contributed by atoms with van der Waals surface area (Å²) in [5.74, 6) is -0.933. The zero-order chi connectivity index (χ0) is 57.8. The van der Waals surface area contributed by atoms with Crippen LogP contribution in [0.15, 0.2) is 85.1 Å². The maximum absolute atomic E-state index is 12.8. The molecule has 0 rings (SSSR count). The van der Waals surface area contributed by atoms with Crippen LogP contribution >= 0.6 is 0 Å². The van der Waals surface area contributed by atoms with Gasteiger partial charge in [0.15, 0.2) is 6.10 Å². The Kier molecular flexibility index (Phi) is 65.2. The molecule has 0 aliphatic carbocycles. The van der Waals surface area contributed by atoms with Crippen LogP contribution in [-0.4, -0.2) is 37.2 Å². The van der Waals surface area contributed by atoms with Crippen molar-refractivity contribution in [1.82, 2.24) is 0 Å². The zero-order valence-electron chi connectivity index (χ0n) is 53.1. The summed E-state index contributed by atoms with van der Waals surface area (Å²) >= 11 is 0. The van der Waals surface area contributed by atoms with Gasteiger partial charge < -0.3 is 14.2 Å². The number of esters is 3. The fraction of sp³-hybridized carbons (Fsp3) is 0.770. The first-order valence-electron chi connectivity index (χ1n) is 34.6. The molecule has 462 valence electrons. The van der Waals surface area contributed by atoms with E-state index in [1.165, 1.54) is 212 Å². The molecule has 1 atom stereocenters. The second-order valence-electron chi connectivity index (χ2n) is 23.1. The third-order valence-electron chi connectivity index (χ3n) is 15.1. The summed E-state index contributed by atoms with van der Waals surface area (Å²) < 4.78 is 16.8. The summed E-state index contributed by atoms with van der Waals surface area (Å²) in [5, 5.41) is 0. The van der Waals surface area contributed by atoms with Crippen molar-refractivity contribution >= 4 is 17.9 Å². The predicted octanol–water partition coefficient (Wildman–Crippen LogP) is 23.8. The van der Waals surface area contributed by atoms with Crippen molar-refractivity contribution in [3.63, 3.8) is 0 Å². The summed E-state index contributed by atoms with van der Waals surface area (Å²) in [6.45, 7) is 6.46. The van der Waals surface area contributed by atoms with Crippen molar-refractivity contribution in [3.8, 4) is 0 Å². The Morgan fingerprint density at radius 3 is 0.800 bits per heavy atom. The van der Waals surface area contributed by atoms with Gasteiger partial charge in [-0.15, -0.1) is 0 Å². The lowest BCUT2D eigenvalue weighted by atomic mass is 10.0. The van der Waals surface area contributed by atoms with E-state index in [9.17, 15) is 14.4 Å². The first-order valence-corrected chi connectivity index (χ1v) is 34.6. The molecule has 0 saturated heterocycles. The van der Waals surface area contributed by atoms with Crippen molar-refractivity contribution < 1.29 is 28.6 Å². The van der Waals surface area contributed by atoms with Crippen LogP contribution in [0.1, 0.15) is 348 Å². The zero-order valence-corrected chi connectivity index (χ0v) is 53.1. The number of rotatable bonds is 63. The molecule has 0 radical (unpaired) electrons. The van der Waals surface area contributed by atoms with E-state index in [0.29, 0.717) is 19.3 Å². The van der Waals surface area contributed by atoms with Gasteiger partial charge in [0.1, 0.15) is 13.2 Å². The molecule has 0 spiro atoms. The average molecular weight is 1120 g/mol. The molecule has 0 fully saturated rings. The van der Waals surface area contributed by atoms with E-state index in [2.05, 4.69) is 106 Å². The minimum absolute atomic E-state index is 0.0913. The van der Waals surface area contributed by atoms with E-state index in [0.717, 1.165) is 89.9 Å². The Morgan fingerprint density at radius 2 is 0.487 bits per heavy atom. The van der Waals surface area contributed by atoms with Crippen LogP contribution in [0.3, 0.4) is 0 Å². The molecule has 0 saturated carbocycles. The quantitative estimate of drug-likeness (QED) is 0.0261. The molecule has 0 aromatic rings. The minimum Gasteiger partial charge on any atom is -0.462 e. The molecule has 0 bridgehead atoms. The molecule has 80 heavy (non-hydrogen) atoms. The highest BCUT2D eigenvalue weighted by Gasteiger charge is 2.19. The highest BCUT2D eigenvalue weighted by Crippen LogP contribution is 2.18. The average Bonchev–Trinajstić information content (AvgIpc) is 3.46. The van der Waals surface area contributed by atoms with E-state index >= 15 is 0 Å². The van der Waals surface area contributed by atoms with Gasteiger partial charge in [0, 0.05) is 19.3 Å². The normalized spacial score (nSPS) is 12.6. The molecule has 0 amide bonds. The molecular formula is C74H130O6. The van der Waals surface area contributed by atoms with Gasteiger partial charge in [-0.1, -0.05) is 318 Å². The van der Waals surface area contributed by atoms with Crippen LogP contribution in [0.2, 0.25) is 0 Å². The van der Waals surface area contributed by atoms with E-state index in [-0.39, 0.29) is 37.5 Å². The minimum atomic E-state index is -0.796. The number of hydrogen-bond acceptors (Lipinski definition) is 6. The monoisotopic (exact) mass is 1110 g/mol. The fourth-order valence-corrected chi connectivity index (χ4v) is 9.97. The van der Waals surface area contributed by atoms with Gasteiger partial charge in [0.2, 0.25) is 0 Å². The number of unbranched alkanes of at least 4 members (excludes halogenated alkanes) is 38. The van der Waals surface area contributed by atoms with E-state index in [1.807, 2.05) is 0 Å². The summed E-state index contributed by atoms with van der Waals surface area (Å²) in [7, 11) is 0. The van der Waals surface area contributed by atoms with Gasteiger partial charge in [-0.3, -0.25) is 14.4 Å². The molecule has 0 heterocycles. The van der Waals surface area contributed by atoms with Crippen LogP contribution in [0, 0.1) is 0 Å². The van der Waals surface area contributed by atoms with Gasteiger partial charge >= 0.3 is 17.9 Å². The first kappa shape index (κ1) is 76.6. The Bertz CT molecular complexity index is 1520. The fourth-order valence-electron chi connectivity index (χ4n) is 9.97. The summed E-state index contributed by atoms with van der Waals surface area (Å²) in [6.07, 6.45) is 91.0. The third kappa shape index (κ3) is 65.4. The molecule has 0 aromatic heterocycles. The Morgan fingerprint density at radius 1 is 0.263 bits per heavy atom. The number of carbonyl (C=O) groups is 3. The molecular weight excluding hydrogens is 985 g/mol. The summed E-state index contributed by atoms with van der Waals surface area (Å²) in [6, 6.07) is 0. The smallest absolute Gasteiger partial charge is 0.306 e. The van der Waals surface area contributed by atoms with Gasteiger partial charge in [-0.25, -0.2) is 0 Å². The SMILES string of the molecule is CC/C=C\C/C=C\C/C=C\C/C=C\C/C=C\C/C=C\CCCCC(=O)OC(COC(=O)CCCCCCCC)COC(=O)CCCCCCCCCCCCCCCCCCCCCCCCC/C=C\CCCCCCCCCC. The van der Waals surface area contributed by atoms with E-state index < -0.39 is 6.10 Å². The molecule has 0 aliphatic heterocycles. The Hall–Kier alpha value is -3.41. The van der Waals surface area contributed by atoms with Crippen molar-refractivity contribution in [3.05, 3.63) is 85.1 Å². The van der Waals surface area contributed by atoms with E-state index in [1.54, 1.807) is 0 Å². The van der Waals surface area contributed by atoms with Crippen molar-refractivity contribution in [2.24, 2.45) is 0 Å². The number of ether oxygens (including phenoxy) is 3. The highest BCUT2D eigenvalue weighted by molar-refractivity contribution is 5.71. The largest absolute Gasteiger partial charge is 0.462 e. The molecule has 6 nitrogen and oxygen atoms in total. The lowest BCUT2D eigenvalue weighted by molar-refractivity contribution is -0.167. The van der Waals surface area contributed by atoms with Gasteiger partial charge in [0.05, 0.1) is 0 Å². The van der Waals surface area contributed by atoms with Crippen LogP contribution < -0.4 is 0 Å². The standard InChI is InChI=1S/C74H130O6/c1-4-7-10-13-16-18-20-22-24-26-28-30-31-32-33-34-35-36-37-38-39-40-41-42-43-45-46-48-50-52-54-56-58-61-64-67-73(76)79-70-71(69-78-72(75)66-63-60-15-12-9-6-3)80-74(77)68-65-62-59-57-55-53-51-49-47-44-29-27-25-23-21-19-17-14-11-8-5-2/h8,11,17,19,23,25-26,28-29,44,49,51,55,57,71H,4-7,9-10,12-16,18,20-22,24,27,30-43,45-48,50,52-54,56,58-70H2,1-3H3/b11-8-,19-17-,25-23-,28-26-,44-29-,51-49-,57-55-. The van der Waals surface area contributed by atoms with Crippen molar-refractivity contribution in [1.29, 1.82) is 0 Å². The predicted molar refractivity (Wildman–Crippen MR) is 348 cm³/mol. The van der Waals surface area contributed by atoms with Crippen LogP contribution in [0.5, 0.6) is 0 Å². The molecule has 1 unspecified atom stereocenters. The molecule has 0 aliphatic rings. The van der Waals surface area contributed by atoms with Crippen molar-refractivity contribution in [2.75, 3.05) is 13.2 Å². The van der Waals surface area contributed by atoms with Crippen molar-refractivity contribution in [2.45, 2.75) is 354 Å². The van der Waals surface area contributed by atoms with Crippen LogP contribution in [-0.2, 0) is 28.6 Å². The van der Waals surface area contributed by atoms with Crippen LogP contribution in [0.25, 0.3) is 0 Å². The number of hydrogen-bond donors (Lipinski definition) is 0. The van der Waals surface area contributed by atoms with E-state index in [4.69, 9.17) is 14.2 Å². The third-order valence-corrected chi connectivity index (χ3v) is 15.1. The highest BCUT2D eigenvalue weighted by atomic mass is 16.6. The summed E-state index contributed by atoms with van der Waals surface area (Å²) in [4.78, 5) is 38.0. The second kappa shape index (κ2) is 68.1. The van der Waals surface area contributed by atoms with Gasteiger partial charge in [-0.05, 0) is 96.3 Å². The Balaban J connectivity index is 3.99. The van der Waals surface area contributed by atoms with Crippen LogP contribution in [0.4, 0.5) is 0 Å². The molecule has 0 aromatic carbocycles. The first-order chi connectivity index (χ1) is 39.5. The lowest BCUT2D eigenvalue weighted by Crippen LogP contribution is -2.30. The Labute approximate surface area is 496 Å². The number of allylic oxidation sites excluding steroid dienone is 14. The summed E-state index contributed by atoms with van der Waals surface area (Å²) in [5.41, 5.74) is 0.